The van der Waals surface area contributed by atoms with Crippen molar-refractivity contribution in [2.75, 3.05) is 19.6 Å². The summed E-state index contributed by atoms with van der Waals surface area (Å²) in [6.45, 7) is 4.24. The van der Waals surface area contributed by atoms with Crippen LogP contribution in [0.4, 0.5) is 0 Å². The maximum absolute atomic E-state index is 9.82. The third-order valence-corrected chi connectivity index (χ3v) is 5.65. The van der Waals surface area contributed by atoms with E-state index in [0.717, 1.165) is 12.1 Å². The normalized spacial score (nSPS) is 24.7. The largest absolute Gasteiger partial charge is 0.399 e. The maximum Gasteiger partial charge on any atom is 0.204 e. The molecular formula is C20H18ClN5. The Morgan fingerprint density at radius 2 is 1.88 bits per heavy atom. The second-order valence-electron chi connectivity index (χ2n) is 6.56. The predicted molar refractivity (Wildman–Crippen MR) is 98.4 cm³/mol. The van der Waals surface area contributed by atoms with Gasteiger partial charge in [-0.1, -0.05) is 36.7 Å². The molecule has 0 spiro atoms. The number of nitrogens with two attached hydrogens (primary N) is 1. The average Bonchev–Trinajstić information content (AvgIpc) is 2.68. The van der Waals surface area contributed by atoms with Gasteiger partial charge >= 0.3 is 0 Å². The molecule has 2 N–H and O–H groups in total. The molecule has 0 fully saturated rings. The number of nitrogens with zero attached hydrogens (tertiary/aromatic N) is 4. The monoisotopic (exact) mass is 363 g/mol. The third kappa shape index (κ3) is 2.56. The summed E-state index contributed by atoms with van der Waals surface area (Å²) in [4.78, 5) is 2.23. The molecule has 0 bridgehead atoms. The molecule has 26 heavy (non-hydrogen) atoms. The van der Waals surface area contributed by atoms with Gasteiger partial charge in [0.2, 0.25) is 5.41 Å². The minimum atomic E-state index is -1.57. The highest BCUT2D eigenvalue weighted by molar-refractivity contribution is 6.30. The van der Waals surface area contributed by atoms with Crippen molar-refractivity contribution < 1.29 is 0 Å². The zero-order valence-electron chi connectivity index (χ0n) is 14.4. The molecule has 0 radical (unpaired) electrons. The molecule has 1 aromatic rings. The Balaban J connectivity index is 2.28. The summed E-state index contributed by atoms with van der Waals surface area (Å²) in [7, 11) is 0. The van der Waals surface area contributed by atoms with E-state index >= 15 is 0 Å². The van der Waals surface area contributed by atoms with Crippen LogP contribution < -0.4 is 5.73 Å². The Bertz CT molecular complexity index is 893. The van der Waals surface area contributed by atoms with Crippen molar-refractivity contribution in [2.45, 2.75) is 12.8 Å². The molecule has 0 aromatic heterocycles. The standard InChI is InChI=1S/C20H18ClN5/c1-2-26-8-7-17-16(10-26)18(13-3-5-14(21)6-4-13)15(9-22)19(25)20(17,11-23)12-24/h3-7,16,18H,2,8,10,25H2,1H3/t16-,18+/m1/s1. The zero-order chi connectivity index (χ0) is 18.9. The lowest BCUT2D eigenvalue weighted by Gasteiger charge is -2.45. The number of likely N-dealkylation sites (N-methyl/N-ethyl adjacent to an activating group) is 1. The first kappa shape index (κ1) is 18.0. The Labute approximate surface area is 158 Å². The Hall–Kier alpha value is -2.78. The van der Waals surface area contributed by atoms with Gasteiger partial charge in [0.15, 0.2) is 0 Å². The minimum absolute atomic E-state index is 0.0531. The van der Waals surface area contributed by atoms with Crippen LogP contribution in [0.5, 0.6) is 0 Å². The van der Waals surface area contributed by atoms with E-state index in [-0.39, 0.29) is 17.5 Å². The molecule has 1 aromatic carbocycles. The van der Waals surface area contributed by atoms with Crippen LogP contribution in [0, 0.1) is 45.3 Å². The average molecular weight is 364 g/mol. The summed E-state index contributed by atoms with van der Waals surface area (Å²) in [6.07, 6.45) is 1.94. The number of benzene rings is 1. The van der Waals surface area contributed by atoms with Crippen LogP contribution in [0.2, 0.25) is 5.02 Å². The van der Waals surface area contributed by atoms with Crippen molar-refractivity contribution in [3.8, 4) is 18.2 Å². The number of hydrogen-bond acceptors (Lipinski definition) is 5. The van der Waals surface area contributed by atoms with E-state index in [1.807, 2.05) is 18.2 Å². The lowest BCUT2D eigenvalue weighted by Crippen LogP contribution is -2.47. The lowest BCUT2D eigenvalue weighted by atomic mass is 9.60. The summed E-state index contributed by atoms with van der Waals surface area (Å²) in [6, 6.07) is 13.7. The van der Waals surface area contributed by atoms with E-state index in [9.17, 15) is 15.8 Å². The molecule has 5 nitrogen and oxygen atoms in total. The number of halogens is 1. The summed E-state index contributed by atoms with van der Waals surface area (Å²) in [5, 5.41) is 30.1. The van der Waals surface area contributed by atoms with Gasteiger partial charge in [-0.3, -0.25) is 4.90 Å². The van der Waals surface area contributed by atoms with Gasteiger partial charge in [0.1, 0.15) is 0 Å². The Kier molecular flexibility index (Phi) is 4.75. The predicted octanol–water partition coefficient (Wildman–Crippen LogP) is 3.09. The molecule has 130 valence electrons. The highest BCUT2D eigenvalue weighted by Gasteiger charge is 2.52. The molecule has 6 heteroatoms. The van der Waals surface area contributed by atoms with Gasteiger partial charge in [-0.15, -0.1) is 0 Å². The number of nitriles is 3. The molecule has 1 aliphatic heterocycles. The Morgan fingerprint density at radius 1 is 1.23 bits per heavy atom. The van der Waals surface area contributed by atoms with Crippen molar-refractivity contribution in [2.24, 2.45) is 17.1 Å². The lowest BCUT2D eigenvalue weighted by molar-refractivity contribution is 0.234. The van der Waals surface area contributed by atoms with Crippen molar-refractivity contribution in [3.63, 3.8) is 0 Å². The van der Waals surface area contributed by atoms with Gasteiger partial charge < -0.3 is 5.73 Å². The van der Waals surface area contributed by atoms with Gasteiger partial charge in [-0.05, 0) is 29.8 Å². The van der Waals surface area contributed by atoms with Crippen molar-refractivity contribution >= 4 is 11.6 Å². The van der Waals surface area contributed by atoms with Crippen LogP contribution >= 0.6 is 11.6 Å². The molecule has 0 unspecified atom stereocenters. The highest BCUT2D eigenvalue weighted by atomic mass is 35.5. The topological polar surface area (TPSA) is 101 Å². The van der Waals surface area contributed by atoms with Crippen molar-refractivity contribution in [3.05, 3.63) is 57.8 Å². The summed E-state index contributed by atoms with van der Waals surface area (Å²) in [5.74, 6) is -0.459. The van der Waals surface area contributed by atoms with Gasteiger partial charge in [0.05, 0.1) is 29.5 Å². The smallest absolute Gasteiger partial charge is 0.204 e. The van der Waals surface area contributed by atoms with E-state index < -0.39 is 5.41 Å². The molecule has 3 rings (SSSR count). The van der Waals surface area contributed by atoms with Crippen LogP contribution in [0.25, 0.3) is 0 Å². The highest BCUT2D eigenvalue weighted by Crippen LogP contribution is 2.52. The van der Waals surface area contributed by atoms with Gasteiger partial charge in [0, 0.05) is 29.9 Å². The fraction of sp³-hybridized carbons (Fsp3) is 0.350. The first-order chi connectivity index (χ1) is 12.5. The number of allylic oxidation sites excluding steroid dienone is 2. The SMILES string of the molecule is CCN1CC=C2[C@@H](C1)[C@@H](c1ccc(Cl)cc1)C(C#N)=C(N)C2(C#N)C#N. The molecule has 2 atom stereocenters. The van der Waals surface area contributed by atoms with E-state index in [4.69, 9.17) is 17.3 Å². The molecular weight excluding hydrogens is 346 g/mol. The van der Waals surface area contributed by atoms with Crippen molar-refractivity contribution in [1.29, 1.82) is 15.8 Å². The zero-order valence-corrected chi connectivity index (χ0v) is 15.2. The van der Waals surface area contributed by atoms with Crippen LogP contribution in [-0.2, 0) is 0 Å². The number of rotatable bonds is 2. The second kappa shape index (κ2) is 6.85. The molecule has 0 amide bonds. The van der Waals surface area contributed by atoms with Gasteiger partial charge in [-0.2, -0.15) is 15.8 Å². The maximum atomic E-state index is 9.82. The van der Waals surface area contributed by atoms with E-state index in [0.29, 0.717) is 29.3 Å². The van der Waals surface area contributed by atoms with Crippen LogP contribution in [0.15, 0.2) is 47.2 Å². The first-order valence-corrected chi connectivity index (χ1v) is 8.81. The first-order valence-electron chi connectivity index (χ1n) is 8.43. The van der Waals surface area contributed by atoms with Crippen molar-refractivity contribution in [1.82, 2.24) is 4.90 Å². The molecule has 0 saturated carbocycles. The molecule has 0 saturated heterocycles. The number of hydrogen-bond donors (Lipinski definition) is 1. The fourth-order valence-electron chi connectivity index (χ4n) is 4.00. The minimum Gasteiger partial charge on any atom is -0.399 e. The third-order valence-electron chi connectivity index (χ3n) is 5.40. The summed E-state index contributed by atoms with van der Waals surface area (Å²) >= 11 is 6.02. The molecule has 1 aliphatic carbocycles. The Morgan fingerprint density at radius 3 is 2.42 bits per heavy atom. The van der Waals surface area contributed by atoms with E-state index in [1.165, 1.54) is 0 Å². The quantitative estimate of drug-likeness (QED) is 0.813. The van der Waals surface area contributed by atoms with Gasteiger partial charge in [0.25, 0.3) is 0 Å². The summed E-state index contributed by atoms with van der Waals surface area (Å²) in [5.41, 5.74) is 6.66. The fourth-order valence-corrected chi connectivity index (χ4v) is 4.13. The van der Waals surface area contributed by atoms with Crippen LogP contribution in [0.1, 0.15) is 18.4 Å². The van der Waals surface area contributed by atoms with Crippen LogP contribution in [-0.4, -0.2) is 24.5 Å². The second-order valence-corrected chi connectivity index (χ2v) is 7.00. The van der Waals surface area contributed by atoms with E-state index in [2.05, 4.69) is 30.0 Å². The van der Waals surface area contributed by atoms with E-state index in [1.54, 1.807) is 12.1 Å². The molecule has 1 heterocycles. The van der Waals surface area contributed by atoms with Crippen LogP contribution in [0.3, 0.4) is 0 Å². The molecule has 2 aliphatic rings. The number of fused-ring (bicyclic) bond motifs is 1. The van der Waals surface area contributed by atoms with Gasteiger partial charge in [-0.25, -0.2) is 0 Å². The summed E-state index contributed by atoms with van der Waals surface area (Å²) < 4.78 is 0.